The van der Waals surface area contributed by atoms with Gasteiger partial charge in [-0.2, -0.15) is 0 Å². The molecule has 158 valence electrons. The molecule has 3 rings (SSSR count). The maximum absolute atomic E-state index is 14.2. The van der Waals surface area contributed by atoms with E-state index in [1.54, 1.807) is 35.7 Å². The molecule has 4 nitrogen and oxygen atoms in total. The van der Waals surface area contributed by atoms with E-state index in [1.807, 2.05) is 18.7 Å². The highest BCUT2D eigenvalue weighted by Gasteiger charge is 2.16. The number of aromatic nitrogens is 1. The molecule has 0 saturated carbocycles. The third-order valence-electron chi connectivity index (χ3n) is 4.80. The molecule has 0 radical (unpaired) electrons. The number of rotatable bonds is 9. The number of amides is 1. The first kappa shape index (κ1) is 22.1. The van der Waals surface area contributed by atoms with Crippen LogP contribution in [0.5, 0.6) is 0 Å². The van der Waals surface area contributed by atoms with E-state index >= 15 is 0 Å². The molecule has 1 amide bonds. The van der Waals surface area contributed by atoms with Gasteiger partial charge in [0.1, 0.15) is 22.3 Å². The lowest BCUT2D eigenvalue weighted by Gasteiger charge is -2.22. The maximum atomic E-state index is 14.2. The van der Waals surface area contributed by atoms with Crippen LogP contribution in [0.15, 0.2) is 53.9 Å². The minimum Gasteiger partial charge on any atom is -0.348 e. The first-order valence-electron chi connectivity index (χ1n) is 9.90. The summed E-state index contributed by atoms with van der Waals surface area (Å²) < 4.78 is 27.5. The summed E-state index contributed by atoms with van der Waals surface area (Å²) in [5, 5.41) is 5.42. The summed E-state index contributed by atoms with van der Waals surface area (Å²) in [4.78, 5) is 18.8. The summed E-state index contributed by atoms with van der Waals surface area (Å²) in [6, 6.07) is 13.0. The molecular formula is C23H25F2N3OS. The molecule has 3 aromatic rings. The fourth-order valence-corrected chi connectivity index (χ4v) is 3.78. The zero-order valence-electron chi connectivity index (χ0n) is 17.1. The molecule has 0 bridgehead atoms. The number of nitrogens with zero attached hydrogens (tertiary/aromatic N) is 2. The van der Waals surface area contributed by atoms with Crippen LogP contribution >= 0.6 is 11.3 Å². The Hall–Kier alpha value is -2.64. The third-order valence-corrected chi connectivity index (χ3v) is 5.64. The molecule has 7 heteroatoms. The number of benzene rings is 2. The summed E-state index contributed by atoms with van der Waals surface area (Å²) in [5.74, 6) is -0.753. The second-order valence-electron chi connectivity index (χ2n) is 7.27. The van der Waals surface area contributed by atoms with Gasteiger partial charge in [-0.15, -0.1) is 11.3 Å². The summed E-state index contributed by atoms with van der Waals surface area (Å²) in [7, 11) is 0. The average Bonchev–Trinajstić information content (AvgIpc) is 3.20. The standard InChI is InChI=1S/C23H25F2N3OS/c1-3-16(2)26-23(29)21-15-30-22(27-21)14-28(12-17-8-10-19(24)11-9-17)13-18-6-4-5-7-20(18)25/h4-11,15-16H,3,12-14H2,1-2H3,(H,26,29). The van der Waals surface area contributed by atoms with Gasteiger partial charge in [0.2, 0.25) is 0 Å². The third kappa shape index (κ3) is 6.18. The zero-order valence-corrected chi connectivity index (χ0v) is 17.9. The van der Waals surface area contributed by atoms with Crippen LogP contribution in [-0.2, 0) is 19.6 Å². The van der Waals surface area contributed by atoms with Crippen molar-refractivity contribution in [1.29, 1.82) is 0 Å². The van der Waals surface area contributed by atoms with Gasteiger partial charge in [0.15, 0.2) is 0 Å². The Balaban J connectivity index is 1.75. The normalized spacial score (nSPS) is 12.2. The molecule has 0 spiro atoms. The van der Waals surface area contributed by atoms with Crippen LogP contribution in [0.4, 0.5) is 8.78 Å². The number of hydrogen-bond acceptors (Lipinski definition) is 4. The number of carbonyl (C=O) groups excluding carboxylic acids is 1. The Bertz CT molecular complexity index is 975. The highest BCUT2D eigenvalue weighted by molar-refractivity contribution is 7.09. The summed E-state index contributed by atoms with van der Waals surface area (Å²) >= 11 is 1.40. The van der Waals surface area contributed by atoms with Gasteiger partial charge in [-0.1, -0.05) is 37.3 Å². The lowest BCUT2D eigenvalue weighted by Crippen LogP contribution is -2.32. The quantitative estimate of drug-likeness (QED) is 0.512. The van der Waals surface area contributed by atoms with Crippen molar-refractivity contribution < 1.29 is 13.6 Å². The van der Waals surface area contributed by atoms with Crippen molar-refractivity contribution in [2.45, 2.75) is 45.9 Å². The van der Waals surface area contributed by atoms with Crippen LogP contribution in [-0.4, -0.2) is 21.8 Å². The monoisotopic (exact) mass is 429 g/mol. The van der Waals surface area contributed by atoms with Crippen LogP contribution in [0.2, 0.25) is 0 Å². The first-order chi connectivity index (χ1) is 14.4. The second kappa shape index (κ2) is 10.4. The molecule has 1 N–H and O–H groups in total. The molecule has 0 aliphatic carbocycles. The second-order valence-corrected chi connectivity index (χ2v) is 8.21. The van der Waals surface area contributed by atoms with Gasteiger partial charge in [0.05, 0.1) is 6.54 Å². The van der Waals surface area contributed by atoms with Crippen LogP contribution in [0.1, 0.15) is 46.9 Å². The molecule has 2 aromatic carbocycles. The van der Waals surface area contributed by atoms with E-state index in [2.05, 4.69) is 10.3 Å². The van der Waals surface area contributed by atoms with E-state index in [0.29, 0.717) is 30.9 Å². The Kier molecular flexibility index (Phi) is 7.65. The van der Waals surface area contributed by atoms with Gasteiger partial charge in [-0.25, -0.2) is 13.8 Å². The fourth-order valence-electron chi connectivity index (χ4n) is 2.96. The van der Waals surface area contributed by atoms with E-state index in [9.17, 15) is 13.6 Å². The van der Waals surface area contributed by atoms with E-state index < -0.39 is 0 Å². The highest BCUT2D eigenvalue weighted by Crippen LogP contribution is 2.19. The minimum atomic E-state index is -0.295. The predicted molar refractivity (Wildman–Crippen MR) is 115 cm³/mol. The molecule has 0 aliphatic heterocycles. The van der Waals surface area contributed by atoms with Gasteiger partial charge in [-0.3, -0.25) is 9.69 Å². The van der Waals surface area contributed by atoms with E-state index in [1.165, 1.54) is 29.5 Å². The van der Waals surface area contributed by atoms with Crippen molar-refractivity contribution in [3.63, 3.8) is 0 Å². The molecule has 1 heterocycles. The smallest absolute Gasteiger partial charge is 0.270 e. The maximum Gasteiger partial charge on any atom is 0.270 e. The Labute approximate surface area is 179 Å². The van der Waals surface area contributed by atoms with E-state index in [4.69, 9.17) is 0 Å². The molecule has 1 aromatic heterocycles. The molecule has 0 saturated heterocycles. The SMILES string of the molecule is CCC(C)NC(=O)c1csc(CN(Cc2ccc(F)cc2)Cc2ccccc2F)n1. The number of thiazole rings is 1. The molecular weight excluding hydrogens is 404 g/mol. The van der Waals surface area contributed by atoms with Crippen LogP contribution < -0.4 is 5.32 Å². The van der Waals surface area contributed by atoms with Gasteiger partial charge >= 0.3 is 0 Å². The van der Waals surface area contributed by atoms with Gasteiger partial charge < -0.3 is 5.32 Å². The number of carbonyl (C=O) groups is 1. The van der Waals surface area contributed by atoms with Gasteiger partial charge in [-0.05, 0) is 37.1 Å². The van der Waals surface area contributed by atoms with Crippen LogP contribution in [0.25, 0.3) is 0 Å². The summed E-state index contributed by atoms with van der Waals surface area (Å²) in [6.07, 6.45) is 0.844. The summed E-state index contributed by atoms with van der Waals surface area (Å²) in [6.45, 7) is 5.28. The average molecular weight is 430 g/mol. The van der Waals surface area contributed by atoms with Crippen molar-refractivity contribution in [3.8, 4) is 0 Å². The van der Waals surface area contributed by atoms with Gasteiger partial charge in [0, 0.05) is 30.1 Å². The van der Waals surface area contributed by atoms with Crippen LogP contribution in [0, 0.1) is 11.6 Å². The number of nitrogens with one attached hydrogen (secondary N) is 1. The largest absolute Gasteiger partial charge is 0.348 e. The molecule has 0 fully saturated rings. The zero-order chi connectivity index (χ0) is 21.5. The minimum absolute atomic E-state index is 0.0821. The van der Waals surface area contributed by atoms with Crippen molar-refractivity contribution >= 4 is 17.2 Å². The molecule has 1 unspecified atom stereocenters. The number of hydrogen-bond donors (Lipinski definition) is 1. The predicted octanol–water partition coefficient (Wildman–Crippen LogP) is 5.15. The Morgan fingerprint density at radius 1 is 1.10 bits per heavy atom. The Morgan fingerprint density at radius 2 is 1.83 bits per heavy atom. The van der Waals surface area contributed by atoms with E-state index in [0.717, 1.165) is 17.0 Å². The van der Waals surface area contributed by atoms with Crippen molar-refractivity contribution in [2.24, 2.45) is 0 Å². The van der Waals surface area contributed by atoms with E-state index in [-0.39, 0.29) is 23.6 Å². The summed E-state index contributed by atoms with van der Waals surface area (Å²) in [5.41, 5.74) is 1.88. The van der Waals surface area contributed by atoms with Crippen molar-refractivity contribution in [2.75, 3.05) is 0 Å². The van der Waals surface area contributed by atoms with Crippen molar-refractivity contribution in [1.82, 2.24) is 15.2 Å². The molecule has 0 aliphatic rings. The lowest BCUT2D eigenvalue weighted by atomic mass is 10.1. The Morgan fingerprint density at radius 3 is 2.53 bits per heavy atom. The van der Waals surface area contributed by atoms with Gasteiger partial charge in [0.25, 0.3) is 5.91 Å². The highest BCUT2D eigenvalue weighted by atomic mass is 32.1. The van der Waals surface area contributed by atoms with Crippen molar-refractivity contribution in [3.05, 3.63) is 87.4 Å². The lowest BCUT2D eigenvalue weighted by molar-refractivity contribution is 0.0934. The number of halogens is 2. The first-order valence-corrected chi connectivity index (χ1v) is 10.8. The molecule has 30 heavy (non-hydrogen) atoms. The van der Waals surface area contributed by atoms with Crippen LogP contribution in [0.3, 0.4) is 0 Å². The fraction of sp³-hybridized carbons (Fsp3) is 0.304. The molecule has 1 atom stereocenters. The topological polar surface area (TPSA) is 45.2 Å².